The van der Waals surface area contributed by atoms with Crippen LogP contribution in [0.25, 0.3) is 0 Å². The number of aryl methyl sites for hydroxylation is 2. The van der Waals surface area contributed by atoms with Crippen LogP contribution in [0.1, 0.15) is 24.0 Å². The molecule has 2 rings (SSSR count). The molecule has 1 atom stereocenters. The fourth-order valence-electron chi connectivity index (χ4n) is 2.98. The van der Waals surface area contributed by atoms with Crippen molar-refractivity contribution in [2.45, 2.75) is 31.8 Å². The van der Waals surface area contributed by atoms with Gasteiger partial charge in [0.25, 0.3) is 0 Å². The molecule has 0 saturated heterocycles. The van der Waals surface area contributed by atoms with E-state index in [2.05, 4.69) is 12.1 Å². The number of rotatable bonds is 12. The number of carbonyl (C=O) groups excluding carboxylic acids is 1. The molecule has 0 bridgehead atoms. The predicted octanol–water partition coefficient (Wildman–Crippen LogP) is 3.84. The summed E-state index contributed by atoms with van der Waals surface area (Å²) >= 11 is 6.18. The van der Waals surface area contributed by atoms with Crippen LogP contribution >= 0.6 is 11.6 Å². The molecule has 1 unspecified atom stereocenters. The van der Waals surface area contributed by atoms with Crippen molar-refractivity contribution in [2.24, 2.45) is 0 Å². The van der Waals surface area contributed by atoms with Crippen molar-refractivity contribution >= 4 is 23.5 Å². The highest BCUT2D eigenvalue weighted by atomic mass is 35.5. The summed E-state index contributed by atoms with van der Waals surface area (Å²) in [6.45, 7) is 0.628. The van der Waals surface area contributed by atoms with Crippen molar-refractivity contribution in [3.05, 3.63) is 64.7 Å². The van der Waals surface area contributed by atoms with Gasteiger partial charge in [-0.05, 0) is 56.3 Å². The average molecular weight is 434 g/mol. The van der Waals surface area contributed by atoms with E-state index in [9.17, 15) is 9.59 Å². The van der Waals surface area contributed by atoms with Crippen molar-refractivity contribution in [1.82, 2.24) is 4.90 Å². The van der Waals surface area contributed by atoms with Crippen LogP contribution in [0.15, 0.2) is 48.5 Å². The number of nitrogens with zero attached hydrogens (tertiary/aromatic N) is 1. The molecule has 0 amide bonds. The number of benzene rings is 2. The van der Waals surface area contributed by atoms with E-state index in [-0.39, 0.29) is 19.4 Å². The van der Waals surface area contributed by atoms with E-state index < -0.39 is 18.0 Å². The molecule has 0 fully saturated rings. The van der Waals surface area contributed by atoms with Gasteiger partial charge >= 0.3 is 11.9 Å². The molecule has 0 aliphatic heterocycles. The van der Waals surface area contributed by atoms with Gasteiger partial charge in [-0.25, -0.2) is 0 Å². The van der Waals surface area contributed by atoms with Gasteiger partial charge in [-0.2, -0.15) is 0 Å². The van der Waals surface area contributed by atoms with Crippen LogP contribution in [0.2, 0.25) is 5.02 Å². The molecule has 0 aromatic heterocycles. The van der Waals surface area contributed by atoms with E-state index >= 15 is 0 Å². The molecule has 30 heavy (non-hydrogen) atoms. The molecule has 0 spiro atoms. The lowest BCUT2D eigenvalue weighted by Crippen LogP contribution is -2.35. The Morgan fingerprint density at radius 3 is 2.47 bits per heavy atom. The summed E-state index contributed by atoms with van der Waals surface area (Å²) in [4.78, 5) is 24.5. The van der Waals surface area contributed by atoms with Crippen LogP contribution < -0.4 is 4.74 Å². The lowest BCUT2D eigenvalue weighted by Gasteiger charge is -2.22. The maximum Gasteiger partial charge on any atom is 0.306 e. The van der Waals surface area contributed by atoms with E-state index in [0.717, 1.165) is 18.4 Å². The number of carboxylic acids is 1. The van der Waals surface area contributed by atoms with Crippen molar-refractivity contribution in [2.75, 3.05) is 27.2 Å². The number of hydrogen-bond donors (Lipinski definition) is 1. The smallest absolute Gasteiger partial charge is 0.306 e. The fraction of sp³-hybridized carbons (Fsp3) is 0.391. The molecule has 162 valence electrons. The number of ether oxygens (including phenoxy) is 2. The van der Waals surface area contributed by atoms with Gasteiger partial charge in [0.05, 0.1) is 12.8 Å². The van der Waals surface area contributed by atoms with Crippen molar-refractivity contribution in [3.63, 3.8) is 0 Å². The molecule has 2 aromatic rings. The number of hydrogen-bond acceptors (Lipinski definition) is 5. The first-order chi connectivity index (χ1) is 14.3. The predicted molar refractivity (Wildman–Crippen MR) is 116 cm³/mol. The number of aliphatic carboxylic acids is 1. The fourth-order valence-corrected chi connectivity index (χ4v) is 3.17. The molecule has 0 aliphatic carbocycles. The standard InChI is InChI=1S/C23H28ClNO5/c1-25(2)15-20(30-23(28)13-12-22(26)27)16-29-21-11-10-19(24)14-18(21)9-8-17-6-4-3-5-7-17/h3-7,10-11,14,20H,8-9,12-13,15-16H2,1-2H3,(H,26,27). The number of carbonyl (C=O) groups is 2. The first-order valence-corrected chi connectivity index (χ1v) is 10.2. The normalized spacial score (nSPS) is 11.9. The third kappa shape index (κ3) is 8.84. The van der Waals surface area contributed by atoms with E-state index in [1.165, 1.54) is 5.56 Å². The molecule has 2 aromatic carbocycles. The minimum absolute atomic E-state index is 0.164. The van der Waals surface area contributed by atoms with Crippen LogP contribution in [0.5, 0.6) is 5.75 Å². The maximum absolute atomic E-state index is 11.9. The highest BCUT2D eigenvalue weighted by Crippen LogP contribution is 2.25. The Labute approximate surface area is 182 Å². The highest BCUT2D eigenvalue weighted by molar-refractivity contribution is 6.30. The zero-order chi connectivity index (χ0) is 21.9. The Hall–Kier alpha value is -2.57. The molecule has 6 nitrogen and oxygen atoms in total. The zero-order valence-corrected chi connectivity index (χ0v) is 18.1. The first-order valence-electron chi connectivity index (χ1n) is 9.84. The van der Waals surface area contributed by atoms with Gasteiger partial charge in [-0.3, -0.25) is 9.59 Å². The Bertz CT molecular complexity index is 826. The molecule has 0 saturated carbocycles. The summed E-state index contributed by atoms with van der Waals surface area (Å²) in [6.07, 6.45) is 0.677. The minimum atomic E-state index is -1.03. The van der Waals surface area contributed by atoms with Crippen LogP contribution in [0.3, 0.4) is 0 Å². The van der Waals surface area contributed by atoms with Gasteiger partial charge in [-0.15, -0.1) is 0 Å². The lowest BCUT2D eigenvalue weighted by atomic mass is 10.0. The van der Waals surface area contributed by atoms with Crippen LogP contribution in [0, 0.1) is 0 Å². The summed E-state index contributed by atoms with van der Waals surface area (Å²) in [5, 5.41) is 9.36. The molecule has 0 aliphatic rings. The monoisotopic (exact) mass is 433 g/mol. The van der Waals surface area contributed by atoms with Crippen molar-refractivity contribution in [3.8, 4) is 5.75 Å². The lowest BCUT2D eigenvalue weighted by molar-refractivity contribution is -0.153. The minimum Gasteiger partial charge on any atom is -0.489 e. The Morgan fingerprint density at radius 2 is 1.80 bits per heavy atom. The van der Waals surface area contributed by atoms with Crippen molar-refractivity contribution in [1.29, 1.82) is 0 Å². The molecule has 7 heteroatoms. The van der Waals surface area contributed by atoms with E-state index in [1.807, 2.05) is 49.3 Å². The number of carboxylic acid groups (broad SMARTS) is 1. The summed E-state index contributed by atoms with van der Waals surface area (Å²) in [6, 6.07) is 15.6. The van der Waals surface area contributed by atoms with Gasteiger partial charge < -0.3 is 19.5 Å². The van der Waals surface area contributed by atoms with Crippen LogP contribution in [-0.4, -0.2) is 55.3 Å². The van der Waals surface area contributed by atoms with E-state index in [1.54, 1.807) is 6.07 Å². The third-order valence-corrected chi connectivity index (χ3v) is 4.62. The largest absolute Gasteiger partial charge is 0.489 e. The highest BCUT2D eigenvalue weighted by Gasteiger charge is 2.18. The molecular formula is C23H28ClNO5. The van der Waals surface area contributed by atoms with Gasteiger partial charge in [0.15, 0.2) is 0 Å². The molecule has 0 radical (unpaired) electrons. The zero-order valence-electron chi connectivity index (χ0n) is 17.3. The summed E-state index contributed by atoms with van der Waals surface area (Å²) in [5.41, 5.74) is 2.20. The first kappa shape index (κ1) is 23.7. The Kier molecular flexibility index (Phi) is 9.64. The second-order valence-electron chi connectivity index (χ2n) is 7.32. The number of likely N-dealkylation sites (N-methyl/N-ethyl adjacent to an activating group) is 1. The second kappa shape index (κ2) is 12.2. The van der Waals surface area contributed by atoms with Gasteiger partial charge in [-0.1, -0.05) is 41.9 Å². The summed E-state index contributed by atoms with van der Waals surface area (Å²) < 4.78 is 11.4. The third-order valence-electron chi connectivity index (χ3n) is 4.38. The Morgan fingerprint density at radius 1 is 1.07 bits per heavy atom. The molecule has 0 heterocycles. The van der Waals surface area contributed by atoms with Crippen LogP contribution in [-0.2, 0) is 27.2 Å². The summed E-state index contributed by atoms with van der Waals surface area (Å²) in [7, 11) is 3.73. The summed E-state index contributed by atoms with van der Waals surface area (Å²) in [5.74, 6) is -0.884. The van der Waals surface area contributed by atoms with Gasteiger partial charge in [0, 0.05) is 11.6 Å². The SMILES string of the molecule is CN(C)CC(COc1ccc(Cl)cc1CCc1ccccc1)OC(=O)CCC(=O)O. The van der Waals surface area contributed by atoms with Gasteiger partial charge in [0.2, 0.25) is 0 Å². The van der Waals surface area contributed by atoms with E-state index in [4.69, 9.17) is 26.2 Å². The average Bonchev–Trinajstić information content (AvgIpc) is 2.70. The second-order valence-corrected chi connectivity index (χ2v) is 7.75. The van der Waals surface area contributed by atoms with Crippen LogP contribution in [0.4, 0.5) is 0 Å². The topological polar surface area (TPSA) is 76.1 Å². The maximum atomic E-state index is 11.9. The quantitative estimate of drug-likeness (QED) is 0.512. The molecule has 1 N–H and O–H groups in total. The number of halogens is 1. The van der Waals surface area contributed by atoms with Gasteiger partial charge in [0.1, 0.15) is 18.5 Å². The van der Waals surface area contributed by atoms with E-state index in [0.29, 0.717) is 17.3 Å². The van der Waals surface area contributed by atoms with Crippen molar-refractivity contribution < 1.29 is 24.2 Å². The Balaban J connectivity index is 2.01. The molecular weight excluding hydrogens is 406 g/mol. The number of esters is 1.